The molecule has 1 aromatic carbocycles. The molecule has 5 nitrogen and oxygen atoms in total. The molecular formula is C19H26FNO4. The van der Waals surface area contributed by atoms with Crippen LogP contribution >= 0.6 is 0 Å². The predicted octanol–water partition coefficient (Wildman–Crippen LogP) is 5.69. The van der Waals surface area contributed by atoms with Gasteiger partial charge in [-0.3, -0.25) is 0 Å². The summed E-state index contributed by atoms with van der Waals surface area (Å²) in [6.45, 7) is 11.7. The highest BCUT2D eigenvalue weighted by Crippen LogP contribution is 2.25. The molecule has 1 rings (SSSR count). The molecule has 0 aliphatic carbocycles. The van der Waals surface area contributed by atoms with E-state index in [1.807, 2.05) is 0 Å². The molecule has 0 saturated heterocycles. The lowest BCUT2D eigenvalue weighted by Gasteiger charge is -2.28. The summed E-state index contributed by atoms with van der Waals surface area (Å²) < 4.78 is 24.5. The molecule has 6 heteroatoms. The normalized spacial score (nSPS) is 12.6. The van der Waals surface area contributed by atoms with Gasteiger partial charge in [-0.25, -0.2) is 14.0 Å². The number of ether oxygens (including phenoxy) is 2. The quantitative estimate of drug-likeness (QED) is 0.686. The Morgan fingerprint density at radius 2 is 1.48 bits per heavy atom. The Morgan fingerprint density at radius 3 is 1.88 bits per heavy atom. The molecular weight excluding hydrogens is 325 g/mol. The van der Waals surface area contributed by atoms with Gasteiger partial charge in [0.25, 0.3) is 0 Å². The second-order valence-electron chi connectivity index (χ2n) is 7.48. The van der Waals surface area contributed by atoms with E-state index in [1.54, 1.807) is 60.6 Å². The molecule has 1 aromatic rings. The zero-order valence-electron chi connectivity index (χ0n) is 15.8. The Balaban J connectivity index is 3.31. The van der Waals surface area contributed by atoms with Crippen LogP contribution in [0.25, 0.3) is 5.83 Å². The first kappa shape index (κ1) is 20.7. The first-order valence-electron chi connectivity index (χ1n) is 8.02. The van der Waals surface area contributed by atoms with Gasteiger partial charge < -0.3 is 9.47 Å². The van der Waals surface area contributed by atoms with Crippen LogP contribution in [0.4, 0.5) is 19.7 Å². The van der Waals surface area contributed by atoms with Crippen molar-refractivity contribution in [2.24, 2.45) is 0 Å². The van der Waals surface area contributed by atoms with Crippen LogP contribution in [0, 0.1) is 0 Å². The molecule has 0 fully saturated rings. The molecule has 0 aliphatic rings. The number of rotatable bonds is 2. The first-order valence-corrected chi connectivity index (χ1v) is 8.02. The van der Waals surface area contributed by atoms with E-state index in [1.165, 1.54) is 18.2 Å². The topological polar surface area (TPSA) is 55.8 Å². The number of halogens is 1. The number of allylic oxidation sites excluding steroid dienone is 1. The molecule has 0 aromatic heterocycles. The summed E-state index contributed by atoms with van der Waals surface area (Å²) in [6.07, 6.45) is -0.482. The highest BCUT2D eigenvalue weighted by atomic mass is 19.1. The lowest BCUT2D eigenvalue weighted by molar-refractivity contribution is 0.0431. The summed E-state index contributed by atoms with van der Waals surface area (Å²) in [6, 6.07) is 6.00. The zero-order chi connectivity index (χ0) is 19.4. The second-order valence-corrected chi connectivity index (χ2v) is 7.48. The van der Waals surface area contributed by atoms with Gasteiger partial charge in [-0.2, -0.15) is 4.90 Å². The average Bonchev–Trinajstić information content (AvgIpc) is 2.43. The summed E-state index contributed by atoms with van der Waals surface area (Å²) in [7, 11) is 0. The summed E-state index contributed by atoms with van der Waals surface area (Å²) in [4.78, 5) is 25.8. The van der Waals surface area contributed by atoms with Crippen LogP contribution in [0.3, 0.4) is 0 Å². The standard InChI is InChI=1S/C19H26FNO4/c1-8-15(20)13-10-9-11-14(12-13)21(16(22)24-18(2,3)4)17(23)25-19(5,6)7/h8-12H,1-7H3/b15-8-. The molecule has 0 spiro atoms. The summed E-state index contributed by atoms with van der Waals surface area (Å²) in [5.41, 5.74) is -1.19. The van der Waals surface area contributed by atoms with Crippen LogP contribution in [0.1, 0.15) is 54.0 Å². The number of amides is 2. The fourth-order valence-corrected chi connectivity index (χ4v) is 1.86. The van der Waals surface area contributed by atoms with Crippen molar-refractivity contribution >= 4 is 23.7 Å². The zero-order valence-corrected chi connectivity index (χ0v) is 15.8. The van der Waals surface area contributed by atoms with E-state index in [2.05, 4.69) is 0 Å². The van der Waals surface area contributed by atoms with Crippen molar-refractivity contribution in [3.05, 3.63) is 35.9 Å². The molecule has 0 radical (unpaired) electrons. The minimum atomic E-state index is -0.889. The van der Waals surface area contributed by atoms with E-state index in [9.17, 15) is 14.0 Å². The van der Waals surface area contributed by atoms with E-state index >= 15 is 0 Å². The largest absolute Gasteiger partial charge is 0.443 e. The molecule has 0 unspecified atom stereocenters. The van der Waals surface area contributed by atoms with Crippen molar-refractivity contribution in [3.8, 4) is 0 Å². The molecule has 0 N–H and O–H groups in total. The van der Waals surface area contributed by atoms with Crippen molar-refractivity contribution in [1.29, 1.82) is 0 Å². The van der Waals surface area contributed by atoms with Gasteiger partial charge in [0.05, 0.1) is 5.69 Å². The average molecular weight is 351 g/mol. The molecule has 0 aliphatic heterocycles. The lowest BCUT2D eigenvalue weighted by Crippen LogP contribution is -2.43. The third-order valence-corrected chi connectivity index (χ3v) is 2.79. The molecule has 0 heterocycles. The second kappa shape index (κ2) is 7.68. The number of anilines is 1. The fourth-order valence-electron chi connectivity index (χ4n) is 1.86. The minimum absolute atomic E-state index is 0.165. The van der Waals surface area contributed by atoms with E-state index in [4.69, 9.17) is 9.47 Å². The summed E-state index contributed by atoms with van der Waals surface area (Å²) >= 11 is 0. The Bertz CT molecular complexity index is 641. The summed E-state index contributed by atoms with van der Waals surface area (Å²) in [5, 5.41) is 0. The van der Waals surface area contributed by atoms with Crippen LogP contribution in [0.2, 0.25) is 0 Å². The monoisotopic (exact) mass is 351 g/mol. The Hall–Kier alpha value is -2.37. The van der Waals surface area contributed by atoms with Crippen LogP contribution in [0.15, 0.2) is 30.3 Å². The number of benzene rings is 1. The molecule has 25 heavy (non-hydrogen) atoms. The lowest BCUT2D eigenvalue weighted by atomic mass is 10.1. The van der Waals surface area contributed by atoms with Crippen molar-refractivity contribution in [2.45, 2.75) is 59.7 Å². The number of hydrogen-bond acceptors (Lipinski definition) is 4. The summed E-state index contributed by atoms with van der Waals surface area (Å²) in [5.74, 6) is -0.463. The van der Waals surface area contributed by atoms with E-state index in [0.29, 0.717) is 0 Å². The Kier molecular flexibility index (Phi) is 6.35. The Morgan fingerprint density at radius 1 is 1.00 bits per heavy atom. The van der Waals surface area contributed by atoms with Gasteiger partial charge in [0, 0.05) is 5.56 Å². The van der Waals surface area contributed by atoms with Crippen LogP contribution < -0.4 is 4.90 Å². The number of carbonyl (C=O) groups is 2. The van der Waals surface area contributed by atoms with Gasteiger partial charge in [-0.15, -0.1) is 0 Å². The van der Waals surface area contributed by atoms with Gasteiger partial charge >= 0.3 is 12.2 Å². The third-order valence-electron chi connectivity index (χ3n) is 2.79. The van der Waals surface area contributed by atoms with Crippen LogP contribution in [-0.2, 0) is 9.47 Å². The van der Waals surface area contributed by atoms with Crippen molar-refractivity contribution < 1.29 is 23.5 Å². The molecule has 0 atom stereocenters. The third kappa shape index (κ3) is 6.57. The van der Waals surface area contributed by atoms with Crippen molar-refractivity contribution in [2.75, 3.05) is 4.90 Å². The maximum Gasteiger partial charge on any atom is 0.424 e. The molecule has 138 valence electrons. The van der Waals surface area contributed by atoms with Crippen molar-refractivity contribution in [3.63, 3.8) is 0 Å². The van der Waals surface area contributed by atoms with Gasteiger partial charge in [0.1, 0.15) is 17.0 Å². The number of carbonyl (C=O) groups excluding carboxylic acids is 2. The molecule has 0 bridgehead atoms. The Labute approximate surface area is 148 Å². The van der Waals surface area contributed by atoms with Gasteiger partial charge in [-0.1, -0.05) is 18.2 Å². The van der Waals surface area contributed by atoms with E-state index in [-0.39, 0.29) is 11.3 Å². The SMILES string of the molecule is C/C=C(\F)c1cccc(N(C(=O)OC(C)(C)C)C(=O)OC(C)(C)C)c1. The first-order chi connectivity index (χ1) is 11.3. The highest BCUT2D eigenvalue weighted by Gasteiger charge is 2.32. The maximum atomic E-state index is 13.9. The number of nitrogens with zero attached hydrogens (tertiary/aromatic N) is 1. The number of imide groups is 1. The van der Waals surface area contributed by atoms with Gasteiger partial charge in [-0.05, 0) is 60.6 Å². The van der Waals surface area contributed by atoms with Gasteiger partial charge in [0.2, 0.25) is 0 Å². The highest BCUT2D eigenvalue weighted by molar-refractivity contribution is 6.09. The van der Waals surface area contributed by atoms with E-state index in [0.717, 1.165) is 4.90 Å². The van der Waals surface area contributed by atoms with Crippen LogP contribution in [0.5, 0.6) is 0 Å². The van der Waals surface area contributed by atoms with Gasteiger partial charge in [0.15, 0.2) is 0 Å². The van der Waals surface area contributed by atoms with E-state index < -0.39 is 29.2 Å². The minimum Gasteiger partial charge on any atom is -0.443 e. The molecule has 2 amide bonds. The smallest absolute Gasteiger partial charge is 0.424 e. The number of hydrogen-bond donors (Lipinski definition) is 0. The van der Waals surface area contributed by atoms with Crippen LogP contribution in [-0.4, -0.2) is 23.4 Å². The fraction of sp³-hybridized carbons (Fsp3) is 0.474. The molecule has 0 saturated carbocycles. The maximum absolute atomic E-state index is 13.9. The van der Waals surface area contributed by atoms with Crippen molar-refractivity contribution in [1.82, 2.24) is 0 Å². The predicted molar refractivity (Wildman–Crippen MR) is 96.1 cm³/mol.